The molecule has 0 fully saturated rings. The van der Waals surface area contributed by atoms with Crippen LogP contribution in [0, 0.1) is 0 Å². The molecular formula is C20H21NO5. The zero-order valence-corrected chi connectivity index (χ0v) is 15.2. The molecule has 26 heavy (non-hydrogen) atoms. The zero-order chi connectivity index (χ0) is 18.9. The van der Waals surface area contributed by atoms with Crippen LogP contribution in [0.5, 0.6) is 5.75 Å². The number of nitrogens with zero attached hydrogens (tertiary/aromatic N) is 1. The van der Waals surface area contributed by atoms with Gasteiger partial charge in [-0.3, -0.25) is 0 Å². The quantitative estimate of drug-likeness (QED) is 0.250. The van der Waals surface area contributed by atoms with Crippen molar-refractivity contribution in [2.75, 3.05) is 28.4 Å². The molecule has 0 unspecified atom stereocenters. The van der Waals surface area contributed by atoms with Crippen LogP contribution in [0.15, 0.2) is 53.9 Å². The van der Waals surface area contributed by atoms with Crippen LogP contribution >= 0.6 is 0 Å². The first kappa shape index (κ1) is 19.1. The predicted molar refractivity (Wildman–Crippen MR) is 100 cm³/mol. The van der Waals surface area contributed by atoms with E-state index in [9.17, 15) is 4.79 Å². The van der Waals surface area contributed by atoms with E-state index in [1.807, 2.05) is 42.5 Å². The maximum atomic E-state index is 12.3. The minimum atomic E-state index is -0.503. The van der Waals surface area contributed by atoms with Crippen molar-refractivity contribution in [2.45, 2.75) is 0 Å². The summed E-state index contributed by atoms with van der Waals surface area (Å²) in [5.74, 6) is 0.194. The Hall–Kier alpha value is -3.28. The Labute approximate surface area is 152 Å². The lowest BCUT2D eigenvalue weighted by Crippen LogP contribution is -2.07. The summed E-state index contributed by atoms with van der Waals surface area (Å²) in [5, 5.41) is 3.86. The summed E-state index contributed by atoms with van der Waals surface area (Å²) >= 11 is 0. The van der Waals surface area contributed by atoms with E-state index in [2.05, 4.69) is 5.16 Å². The molecule has 2 rings (SSSR count). The molecule has 0 spiro atoms. The number of methoxy groups -OCH3 is 3. The topological polar surface area (TPSA) is 66.4 Å². The van der Waals surface area contributed by atoms with Gasteiger partial charge in [0.1, 0.15) is 18.4 Å². The van der Waals surface area contributed by atoms with Gasteiger partial charge in [0.25, 0.3) is 0 Å². The molecule has 6 heteroatoms. The van der Waals surface area contributed by atoms with Gasteiger partial charge in [0.2, 0.25) is 0 Å². The number of oxime groups is 1. The number of rotatable bonds is 7. The SMILES string of the molecule is CO/C=C(/C(=O)OC)c1cccc(C=NOC)c1-c1cccc(OC)c1. The molecule has 2 aromatic rings. The number of benzene rings is 2. The standard InChI is InChI=1S/C20H21NO5/c1-23-13-18(20(22)25-3)17-10-6-8-15(12-21-26-4)19(17)14-7-5-9-16(11-14)24-2/h5-13H,1-4H3/b18-13+,21-12?. The van der Waals surface area contributed by atoms with Crippen LogP contribution in [-0.4, -0.2) is 40.6 Å². The molecule has 0 saturated heterocycles. The molecule has 0 aliphatic carbocycles. The molecule has 0 amide bonds. The minimum Gasteiger partial charge on any atom is -0.503 e. The average Bonchev–Trinajstić information content (AvgIpc) is 2.69. The van der Waals surface area contributed by atoms with Gasteiger partial charge in [-0.2, -0.15) is 0 Å². The Balaban J connectivity index is 2.77. The Morgan fingerprint density at radius 1 is 1.04 bits per heavy atom. The second-order valence-corrected chi connectivity index (χ2v) is 5.18. The number of ether oxygens (including phenoxy) is 3. The van der Waals surface area contributed by atoms with Crippen molar-refractivity contribution >= 4 is 17.8 Å². The highest BCUT2D eigenvalue weighted by atomic mass is 16.6. The first-order valence-electron chi connectivity index (χ1n) is 7.81. The molecule has 0 aliphatic heterocycles. The zero-order valence-electron chi connectivity index (χ0n) is 15.2. The third kappa shape index (κ3) is 4.22. The first-order chi connectivity index (χ1) is 12.7. The van der Waals surface area contributed by atoms with Gasteiger partial charge >= 0.3 is 5.97 Å². The molecule has 0 aromatic heterocycles. The summed E-state index contributed by atoms with van der Waals surface area (Å²) in [6.07, 6.45) is 2.95. The van der Waals surface area contributed by atoms with Crippen LogP contribution in [-0.2, 0) is 19.1 Å². The van der Waals surface area contributed by atoms with Crippen molar-refractivity contribution in [2.24, 2.45) is 5.16 Å². The maximum Gasteiger partial charge on any atom is 0.341 e. The molecule has 0 aliphatic rings. The van der Waals surface area contributed by atoms with E-state index in [4.69, 9.17) is 19.0 Å². The molecule has 0 N–H and O–H groups in total. The van der Waals surface area contributed by atoms with E-state index in [0.717, 1.165) is 16.7 Å². The summed E-state index contributed by atoms with van der Waals surface area (Å²) in [4.78, 5) is 17.1. The van der Waals surface area contributed by atoms with Crippen LogP contribution in [0.2, 0.25) is 0 Å². The van der Waals surface area contributed by atoms with E-state index < -0.39 is 5.97 Å². The lowest BCUT2D eigenvalue weighted by atomic mass is 9.91. The van der Waals surface area contributed by atoms with Gasteiger partial charge in [-0.15, -0.1) is 0 Å². The molecule has 2 aromatic carbocycles. The smallest absolute Gasteiger partial charge is 0.341 e. The molecule has 0 heterocycles. The fourth-order valence-electron chi connectivity index (χ4n) is 2.56. The molecule has 0 bridgehead atoms. The molecule has 6 nitrogen and oxygen atoms in total. The molecule has 0 radical (unpaired) electrons. The summed E-state index contributed by atoms with van der Waals surface area (Å²) in [6, 6.07) is 13.0. The third-order valence-electron chi connectivity index (χ3n) is 3.68. The summed E-state index contributed by atoms with van der Waals surface area (Å²) in [5.41, 5.74) is 3.33. The fraction of sp³-hybridized carbons (Fsp3) is 0.200. The normalized spacial score (nSPS) is 11.3. The predicted octanol–water partition coefficient (Wildman–Crippen LogP) is 3.50. The van der Waals surface area contributed by atoms with Gasteiger partial charge in [-0.25, -0.2) is 4.79 Å². The molecular weight excluding hydrogens is 334 g/mol. The monoisotopic (exact) mass is 355 g/mol. The second-order valence-electron chi connectivity index (χ2n) is 5.18. The average molecular weight is 355 g/mol. The summed E-state index contributed by atoms with van der Waals surface area (Å²) in [6.45, 7) is 0. The van der Waals surface area contributed by atoms with Gasteiger partial charge in [0, 0.05) is 11.1 Å². The van der Waals surface area contributed by atoms with Crippen LogP contribution in [0.4, 0.5) is 0 Å². The van der Waals surface area contributed by atoms with E-state index in [-0.39, 0.29) is 0 Å². The Morgan fingerprint density at radius 2 is 1.81 bits per heavy atom. The fourth-order valence-corrected chi connectivity index (χ4v) is 2.56. The van der Waals surface area contributed by atoms with Gasteiger partial charge in [-0.05, 0) is 23.3 Å². The third-order valence-corrected chi connectivity index (χ3v) is 3.68. The Bertz CT molecular complexity index is 827. The van der Waals surface area contributed by atoms with Gasteiger partial charge in [0.05, 0.1) is 33.8 Å². The van der Waals surface area contributed by atoms with Crippen LogP contribution < -0.4 is 4.74 Å². The van der Waals surface area contributed by atoms with Crippen LogP contribution in [0.1, 0.15) is 11.1 Å². The molecule has 0 atom stereocenters. The van der Waals surface area contributed by atoms with E-state index in [1.54, 1.807) is 13.3 Å². The summed E-state index contributed by atoms with van der Waals surface area (Å²) in [7, 11) is 5.87. The van der Waals surface area contributed by atoms with E-state index in [1.165, 1.54) is 27.6 Å². The Morgan fingerprint density at radius 3 is 2.46 bits per heavy atom. The first-order valence-corrected chi connectivity index (χ1v) is 7.81. The number of carbonyl (C=O) groups is 1. The second kappa shape index (κ2) is 9.27. The summed E-state index contributed by atoms with van der Waals surface area (Å²) < 4.78 is 15.3. The van der Waals surface area contributed by atoms with Crippen molar-refractivity contribution in [3.05, 3.63) is 59.9 Å². The number of esters is 1. The maximum absolute atomic E-state index is 12.3. The lowest BCUT2D eigenvalue weighted by molar-refractivity contribution is -0.133. The Kier molecular flexibility index (Phi) is 6.79. The molecule has 136 valence electrons. The van der Waals surface area contributed by atoms with Crippen LogP contribution in [0.3, 0.4) is 0 Å². The van der Waals surface area contributed by atoms with Crippen molar-refractivity contribution < 1.29 is 23.8 Å². The highest BCUT2D eigenvalue weighted by Gasteiger charge is 2.20. The van der Waals surface area contributed by atoms with Gasteiger partial charge < -0.3 is 19.0 Å². The number of carbonyl (C=O) groups excluding carboxylic acids is 1. The van der Waals surface area contributed by atoms with Crippen molar-refractivity contribution in [1.82, 2.24) is 0 Å². The number of hydrogen-bond donors (Lipinski definition) is 0. The van der Waals surface area contributed by atoms with Crippen molar-refractivity contribution in [3.63, 3.8) is 0 Å². The minimum absolute atomic E-state index is 0.292. The van der Waals surface area contributed by atoms with Gasteiger partial charge in [0.15, 0.2) is 0 Å². The van der Waals surface area contributed by atoms with E-state index >= 15 is 0 Å². The van der Waals surface area contributed by atoms with E-state index in [0.29, 0.717) is 16.9 Å². The van der Waals surface area contributed by atoms with Crippen molar-refractivity contribution in [1.29, 1.82) is 0 Å². The van der Waals surface area contributed by atoms with Gasteiger partial charge in [-0.1, -0.05) is 35.5 Å². The highest BCUT2D eigenvalue weighted by molar-refractivity contribution is 6.19. The number of hydrogen-bond acceptors (Lipinski definition) is 6. The largest absolute Gasteiger partial charge is 0.503 e. The lowest BCUT2D eigenvalue weighted by Gasteiger charge is -2.15. The van der Waals surface area contributed by atoms with Crippen molar-refractivity contribution in [3.8, 4) is 16.9 Å². The van der Waals surface area contributed by atoms with Crippen LogP contribution in [0.25, 0.3) is 16.7 Å². The molecule has 0 saturated carbocycles. The highest BCUT2D eigenvalue weighted by Crippen LogP contribution is 2.34.